The standard InChI is InChI=1S/C16H24N2O2/c1-4-11(2)16(19)20-15-10-13-6-8-18(3)7-5-12(13)9-14(15)17/h9-11H,4-8,17H2,1-3H3. The van der Waals surface area contributed by atoms with Gasteiger partial charge in [0.15, 0.2) is 5.75 Å². The van der Waals surface area contributed by atoms with Gasteiger partial charge in [-0.05, 0) is 49.6 Å². The zero-order valence-electron chi connectivity index (χ0n) is 12.6. The molecule has 0 fully saturated rings. The van der Waals surface area contributed by atoms with Gasteiger partial charge in [0, 0.05) is 13.1 Å². The van der Waals surface area contributed by atoms with Crippen molar-refractivity contribution in [1.82, 2.24) is 4.90 Å². The number of rotatable bonds is 3. The summed E-state index contributed by atoms with van der Waals surface area (Å²) >= 11 is 0. The summed E-state index contributed by atoms with van der Waals surface area (Å²) < 4.78 is 5.45. The summed E-state index contributed by atoms with van der Waals surface area (Å²) in [5.74, 6) is 0.211. The summed E-state index contributed by atoms with van der Waals surface area (Å²) in [6.07, 6.45) is 2.74. The van der Waals surface area contributed by atoms with E-state index in [-0.39, 0.29) is 11.9 Å². The largest absolute Gasteiger partial charge is 0.424 e. The molecule has 1 unspecified atom stereocenters. The van der Waals surface area contributed by atoms with Crippen LogP contribution in [-0.2, 0) is 17.6 Å². The minimum absolute atomic E-state index is 0.0978. The number of hydrogen-bond acceptors (Lipinski definition) is 4. The van der Waals surface area contributed by atoms with Crippen molar-refractivity contribution in [2.45, 2.75) is 33.1 Å². The van der Waals surface area contributed by atoms with E-state index in [1.165, 1.54) is 11.1 Å². The maximum atomic E-state index is 11.9. The predicted molar refractivity (Wildman–Crippen MR) is 80.8 cm³/mol. The van der Waals surface area contributed by atoms with Crippen LogP contribution in [0.3, 0.4) is 0 Å². The maximum Gasteiger partial charge on any atom is 0.314 e. The summed E-state index contributed by atoms with van der Waals surface area (Å²) in [5.41, 5.74) is 9.11. The molecule has 1 aromatic rings. The van der Waals surface area contributed by atoms with Gasteiger partial charge in [0.25, 0.3) is 0 Å². The van der Waals surface area contributed by atoms with Crippen molar-refractivity contribution in [3.05, 3.63) is 23.3 Å². The molecule has 2 N–H and O–H groups in total. The molecule has 4 nitrogen and oxygen atoms in total. The number of fused-ring (bicyclic) bond motifs is 1. The Labute approximate surface area is 120 Å². The third kappa shape index (κ3) is 3.31. The lowest BCUT2D eigenvalue weighted by molar-refractivity contribution is -0.138. The number of nitrogens with two attached hydrogens (primary N) is 1. The second kappa shape index (κ2) is 6.27. The lowest BCUT2D eigenvalue weighted by atomic mass is 10.0. The van der Waals surface area contributed by atoms with Gasteiger partial charge in [0.2, 0.25) is 0 Å². The normalized spacial score (nSPS) is 17.1. The zero-order valence-corrected chi connectivity index (χ0v) is 12.6. The molecule has 4 heteroatoms. The molecule has 0 spiro atoms. The highest BCUT2D eigenvalue weighted by Gasteiger charge is 2.18. The highest BCUT2D eigenvalue weighted by Crippen LogP contribution is 2.29. The number of carbonyl (C=O) groups is 1. The fourth-order valence-corrected chi connectivity index (χ4v) is 2.35. The molecule has 0 aromatic heterocycles. The topological polar surface area (TPSA) is 55.6 Å². The SMILES string of the molecule is CCC(C)C(=O)Oc1cc2c(cc1N)CCN(C)CC2. The Bertz CT molecular complexity index is 499. The first-order valence-corrected chi connectivity index (χ1v) is 7.32. The highest BCUT2D eigenvalue weighted by atomic mass is 16.5. The van der Waals surface area contributed by atoms with Crippen LogP contribution < -0.4 is 10.5 Å². The van der Waals surface area contributed by atoms with Crippen LogP contribution in [0.25, 0.3) is 0 Å². The summed E-state index contributed by atoms with van der Waals surface area (Å²) in [4.78, 5) is 14.2. The number of carbonyl (C=O) groups excluding carboxylic acids is 1. The molecule has 0 saturated carbocycles. The second-order valence-corrected chi connectivity index (χ2v) is 5.69. The molecule has 20 heavy (non-hydrogen) atoms. The van der Waals surface area contributed by atoms with Crippen LogP contribution in [0.5, 0.6) is 5.75 Å². The Morgan fingerprint density at radius 3 is 2.55 bits per heavy atom. The first kappa shape index (κ1) is 14.9. The number of benzene rings is 1. The van der Waals surface area contributed by atoms with E-state index in [4.69, 9.17) is 10.5 Å². The van der Waals surface area contributed by atoms with Crippen LogP contribution >= 0.6 is 0 Å². The van der Waals surface area contributed by atoms with E-state index in [0.717, 1.165) is 32.4 Å². The zero-order chi connectivity index (χ0) is 14.7. The van der Waals surface area contributed by atoms with Crippen LogP contribution in [0.2, 0.25) is 0 Å². The summed E-state index contributed by atoms with van der Waals surface area (Å²) in [6, 6.07) is 3.91. The minimum Gasteiger partial charge on any atom is -0.424 e. The number of nitrogens with zero attached hydrogens (tertiary/aromatic N) is 1. The van der Waals surface area contributed by atoms with Crippen molar-refractivity contribution in [2.75, 3.05) is 25.9 Å². The van der Waals surface area contributed by atoms with E-state index in [2.05, 4.69) is 11.9 Å². The van der Waals surface area contributed by atoms with Crippen LogP contribution in [0, 0.1) is 5.92 Å². The van der Waals surface area contributed by atoms with Crippen LogP contribution in [0.4, 0.5) is 5.69 Å². The Morgan fingerprint density at radius 1 is 1.35 bits per heavy atom. The van der Waals surface area contributed by atoms with E-state index < -0.39 is 0 Å². The van der Waals surface area contributed by atoms with Crippen molar-refractivity contribution in [3.8, 4) is 5.75 Å². The van der Waals surface area contributed by atoms with Crippen molar-refractivity contribution >= 4 is 11.7 Å². The van der Waals surface area contributed by atoms with E-state index in [1.54, 1.807) is 0 Å². The molecule has 1 aliphatic heterocycles. The molecule has 2 rings (SSSR count). The monoisotopic (exact) mass is 276 g/mol. The Morgan fingerprint density at radius 2 is 1.95 bits per heavy atom. The second-order valence-electron chi connectivity index (χ2n) is 5.69. The quantitative estimate of drug-likeness (QED) is 0.522. The van der Waals surface area contributed by atoms with Crippen LogP contribution in [-0.4, -0.2) is 31.0 Å². The number of ether oxygens (including phenoxy) is 1. The highest BCUT2D eigenvalue weighted by molar-refractivity contribution is 5.77. The van der Waals surface area contributed by atoms with E-state index in [9.17, 15) is 4.79 Å². The number of anilines is 1. The average molecular weight is 276 g/mol. The first-order valence-electron chi connectivity index (χ1n) is 7.32. The Kier molecular flexibility index (Phi) is 4.65. The van der Waals surface area contributed by atoms with Gasteiger partial charge < -0.3 is 15.4 Å². The van der Waals surface area contributed by atoms with Gasteiger partial charge in [-0.3, -0.25) is 4.79 Å². The Hall–Kier alpha value is -1.55. The molecule has 0 amide bonds. The number of nitrogen functional groups attached to an aromatic ring is 1. The van der Waals surface area contributed by atoms with E-state index in [1.807, 2.05) is 26.0 Å². The summed E-state index contributed by atoms with van der Waals surface area (Å²) in [7, 11) is 2.12. The van der Waals surface area contributed by atoms with Gasteiger partial charge in [-0.1, -0.05) is 13.8 Å². The van der Waals surface area contributed by atoms with Crippen LogP contribution in [0.15, 0.2) is 12.1 Å². The lowest BCUT2D eigenvalue weighted by Crippen LogP contribution is -2.20. The molecule has 1 atom stereocenters. The smallest absolute Gasteiger partial charge is 0.314 e. The van der Waals surface area contributed by atoms with Gasteiger partial charge in [-0.15, -0.1) is 0 Å². The maximum absolute atomic E-state index is 11.9. The molecule has 1 heterocycles. The summed E-state index contributed by atoms with van der Waals surface area (Å²) in [5, 5.41) is 0. The minimum atomic E-state index is -0.204. The van der Waals surface area contributed by atoms with Gasteiger partial charge in [-0.2, -0.15) is 0 Å². The van der Waals surface area contributed by atoms with Crippen molar-refractivity contribution < 1.29 is 9.53 Å². The predicted octanol–water partition coefficient (Wildman–Crippen LogP) is 2.25. The number of esters is 1. The molecule has 110 valence electrons. The fourth-order valence-electron chi connectivity index (χ4n) is 2.35. The molecular weight excluding hydrogens is 252 g/mol. The molecule has 1 aromatic carbocycles. The Balaban J connectivity index is 2.21. The van der Waals surface area contributed by atoms with E-state index in [0.29, 0.717) is 11.4 Å². The van der Waals surface area contributed by atoms with Crippen LogP contribution in [0.1, 0.15) is 31.4 Å². The lowest BCUT2D eigenvalue weighted by Gasteiger charge is -2.14. The van der Waals surface area contributed by atoms with Gasteiger partial charge in [0.05, 0.1) is 11.6 Å². The molecular formula is C16H24N2O2. The van der Waals surface area contributed by atoms with Crippen molar-refractivity contribution in [2.24, 2.45) is 5.92 Å². The van der Waals surface area contributed by atoms with E-state index >= 15 is 0 Å². The molecule has 0 aliphatic carbocycles. The number of likely N-dealkylation sites (N-methyl/N-ethyl adjacent to an activating group) is 1. The molecule has 0 bridgehead atoms. The molecule has 1 aliphatic rings. The van der Waals surface area contributed by atoms with Gasteiger partial charge in [0.1, 0.15) is 0 Å². The first-order chi connectivity index (χ1) is 9.51. The van der Waals surface area contributed by atoms with Gasteiger partial charge in [-0.25, -0.2) is 0 Å². The third-order valence-corrected chi connectivity index (χ3v) is 4.08. The van der Waals surface area contributed by atoms with Crippen molar-refractivity contribution in [3.63, 3.8) is 0 Å². The fraction of sp³-hybridized carbons (Fsp3) is 0.562. The molecule has 0 saturated heterocycles. The van der Waals surface area contributed by atoms with Crippen molar-refractivity contribution in [1.29, 1.82) is 0 Å². The molecule has 0 radical (unpaired) electrons. The average Bonchev–Trinajstić information content (AvgIpc) is 2.61. The third-order valence-electron chi connectivity index (χ3n) is 4.08. The summed E-state index contributed by atoms with van der Waals surface area (Å²) in [6.45, 7) is 5.91. The number of hydrogen-bond donors (Lipinski definition) is 1. The van der Waals surface area contributed by atoms with Gasteiger partial charge >= 0.3 is 5.97 Å².